The Morgan fingerprint density at radius 1 is 0.524 bits per heavy atom. The molecule has 0 radical (unpaired) electrons. The van der Waals surface area contributed by atoms with Gasteiger partial charge in [0.15, 0.2) is 0 Å². The minimum Gasteiger partial charge on any atom is -0.0628 e. The molecule has 0 amide bonds. The van der Waals surface area contributed by atoms with E-state index >= 15 is 0 Å². The normalized spacial score (nSPS) is 34.6. The summed E-state index contributed by atoms with van der Waals surface area (Å²) in [6, 6.07) is 0. The highest BCUT2D eigenvalue weighted by atomic mass is 14.3. The van der Waals surface area contributed by atoms with Crippen molar-refractivity contribution in [1.82, 2.24) is 0 Å². The molecule has 0 atom stereocenters. The molecular formula is C21H40. The van der Waals surface area contributed by atoms with Crippen molar-refractivity contribution in [2.75, 3.05) is 0 Å². The Labute approximate surface area is 134 Å². The summed E-state index contributed by atoms with van der Waals surface area (Å²) in [4.78, 5) is 0. The predicted octanol–water partition coefficient (Wildman–Crippen LogP) is 7.08. The van der Waals surface area contributed by atoms with E-state index in [-0.39, 0.29) is 0 Å². The van der Waals surface area contributed by atoms with E-state index in [2.05, 4.69) is 27.7 Å². The van der Waals surface area contributed by atoms with E-state index < -0.39 is 0 Å². The maximum atomic E-state index is 2.39. The van der Waals surface area contributed by atoms with Gasteiger partial charge in [-0.3, -0.25) is 0 Å². The summed E-state index contributed by atoms with van der Waals surface area (Å²) < 4.78 is 0. The largest absolute Gasteiger partial charge is 0.0628 e. The van der Waals surface area contributed by atoms with Gasteiger partial charge in [-0.05, 0) is 54.8 Å². The van der Waals surface area contributed by atoms with Crippen LogP contribution >= 0.6 is 0 Å². The molecule has 0 unspecified atom stereocenters. The Balaban J connectivity index is 1.61. The Kier molecular flexibility index (Phi) is 7.10. The summed E-state index contributed by atoms with van der Waals surface area (Å²) in [5.41, 5.74) is 0. The lowest BCUT2D eigenvalue weighted by molar-refractivity contribution is 0.175. The van der Waals surface area contributed by atoms with Gasteiger partial charge in [-0.25, -0.2) is 0 Å². The predicted molar refractivity (Wildman–Crippen MR) is 94.4 cm³/mol. The van der Waals surface area contributed by atoms with Crippen LogP contribution in [-0.4, -0.2) is 0 Å². The zero-order chi connectivity index (χ0) is 15.2. The molecule has 0 aromatic rings. The third-order valence-electron chi connectivity index (χ3n) is 6.21. The van der Waals surface area contributed by atoms with Crippen molar-refractivity contribution < 1.29 is 0 Å². The molecule has 0 N–H and O–H groups in total. The number of hydrogen-bond donors (Lipinski definition) is 0. The van der Waals surface area contributed by atoms with Gasteiger partial charge in [0, 0.05) is 0 Å². The quantitative estimate of drug-likeness (QED) is 0.490. The van der Waals surface area contributed by atoms with Crippen molar-refractivity contribution in [3.8, 4) is 0 Å². The highest BCUT2D eigenvalue weighted by Gasteiger charge is 2.27. The molecule has 2 aliphatic rings. The van der Waals surface area contributed by atoms with Gasteiger partial charge < -0.3 is 0 Å². The fourth-order valence-corrected chi connectivity index (χ4v) is 5.21. The van der Waals surface area contributed by atoms with Gasteiger partial charge >= 0.3 is 0 Å². The summed E-state index contributed by atoms with van der Waals surface area (Å²) in [6.07, 6.45) is 16.8. The Morgan fingerprint density at radius 2 is 0.810 bits per heavy atom. The second-order valence-corrected chi connectivity index (χ2v) is 9.27. The third kappa shape index (κ3) is 6.33. The minimum absolute atomic E-state index is 0.905. The van der Waals surface area contributed by atoms with Crippen LogP contribution in [0.5, 0.6) is 0 Å². The highest BCUT2D eigenvalue weighted by Crippen LogP contribution is 2.40. The van der Waals surface area contributed by atoms with Gasteiger partial charge in [-0.2, -0.15) is 0 Å². The van der Waals surface area contributed by atoms with Gasteiger partial charge in [0.25, 0.3) is 0 Å². The first-order valence-corrected chi connectivity index (χ1v) is 10.0. The van der Waals surface area contributed by atoms with Crippen LogP contribution in [0, 0.1) is 35.5 Å². The zero-order valence-corrected chi connectivity index (χ0v) is 15.2. The van der Waals surface area contributed by atoms with E-state index in [1.165, 1.54) is 38.5 Å². The van der Waals surface area contributed by atoms with E-state index in [0.717, 1.165) is 35.5 Å². The Hall–Kier alpha value is 0. The summed E-state index contributed by atoms with van der Waals surface area (Å²) in [7, 11) is 0. The molecule has 0 saturated heterocycles. The van der Waals surface area contributed by atoms with E-state index in [1.807, 2.05) is 0 Å². The lowest BCUT2D eigenvalue weighted by atomic mass is 9.71. The molecule has 2 saturated carbocycles. The lowest BCUT2D eigenvalue weighted by Crippen LogP contribution is -2.21. The molecule has 0 aromatic heterocycles. The fourth-order valence-electron chi connectivity index (χ4n) is 5.21. The van der Waals surface area contributed by atoms with Crippen LogP contribution in [0.1, 0.15) is 98.3 Å². The maximum absolute atomic E-state index is 2.39. The average Bonchev–Trinajstić information content (AvgIpc) is 2.42. The maximum Gasteiger partial charge on any atom is -0.0411 e. The lowest BCUT2D eigenvalue weighted by Gasteiger charge is -2.35. The SMILES string of the molecule is CC(C)CC1CCC(CC2CCC(CC(C)C)CC2)CC1. The zero-order valence-electron chi connectivity index (χ0n) is 15.2. The van der Waals surface area contributed by atoms with Crippen molar-refractivity contribution in [2.24, 2.45) is 35.5 Å². The van der Waals surface area contributed by atoms with Crippen LogP contribution in [0.3, 0.4) is 0 Å². The van der Waals surface area contributed by atoms with E-state index in [4.69, 9.17) is 0 Å². The second kappa shape index (κ2) is 8.59. The van der Waals surface area contributed by atoms with Gasteiger partial charge in [0.1, 0.15) is 0 Å². The summed E-state index contributed by atoms with van der Waals surface area (Å²) in [6.45, 7) is 9.56. The highest BCUT2D eigenvalue weighted by molar-refractivity contribution is 4.79. The van der Waals surface area contributed by atoms with Crippen LogP contribution in [-0.2, 0) is 0 Å². The molecule has 0 bridgehead atoms. The molecule has 0 spiro atoms. The van der Waals surface area contributed by atoms with Crippen molar-refractivity contribution >= 4 is 0 Å². The Morgan fingerprint density at radius 3 is 1.10 bits per heavy atom. The van der Waals surface area contributed by atoms with E-state index in [9.17, 15) is 0 Å². The number of hydrogen-bond acceptors (Lipinski definition) is 0. The molecule has 0 aliphatic heterocycles. The fraction of sp³-hybridized carbons (Fsp3) is 1.00. The van der Waals surface area contributed by atoms with Crippen LogP contribution in [0.4, 0.5) is 0 Å². The van der Waals surface area contributed by atoms with Gasteiger partial charge in [0.2, 0.25) is 0 Å². The molecule has 0 heteroatoms. The summed E-state index contributed by atoms with van der Waals surface area (Å²) in [5, 5.41) is 0. The first-order valence-electron chi connectivity index (χ1n) is 10.0. The molecule has 124 valence electrons. The number of rotatable bonds is 6. The van der Waals surface area contributed by atoms with Crippen LogP contribution in [0.25, 0.3) is 0 Å². The van der Waals surface area contributed by atoms with Crippen molar-refractivity contribution in [3.63, 3.8) is 0 Å². The molecule has 0 nitrogen and oxygen atoms in total. The van der Waals surface area contributed by atoms with Crippen molar-refractivity contribution in [1.29, 1.82) is 0 Å². The van der Waals surface area contributed by atoms with Crippen LogP contribution in [0.2, 0.25) is 0 Å². The first kappa shape index (κ1) is 17.4. The van der Waals surface area contributed by atoms with Crippen LogP contribution < -0.4 is 0 Å². The third-order valence-corrected chi connectivity index (χ3v) is 6.21. The molecule has 0 aromatic carbocycles. The van der Waals surface area contributed by atoms with Gasteiger partial charge in [-0.1, -0.05) is 79.1 Å². The standard InChI is InChI=1S/C21H40/c1-16(2)13-18-5-9-20(10-6-18)15-21-11-7-19(8-12-21)14-17(3)4/h16-21H,5-15H2,1-4H3. The van der Waals surface area contributed by atoms with Gasteiger partial charge in [-0.15, -0.1) is 0 Å². The summed E-state index contributed by atoms with van der Waals surface area (Å²) in [5.74, 6) is 6.09. The molecule has 2 fully saturated rings. The molecular weight excluding hydrogens is 252 g/mol. The average molecular weight is 293 g/mol. The van der Waals surface area contributed by atoms with Crippen molar-refractivity contribution in [3.05, 3.63) is 0 Å². The minimum atomic E-state index is 0.905. The monoisotopic (exact) mass is 292 g/mol. The first-order chi connectivity index (χ1) is 10.0. The smallest absolute Gasteiger partial charge is 0.0411 e. The molecule has 0 heterocycles. The molecule has 2 rings (SSSR count). The van der Waals surface area contributed by atoms with Gasteiger partial charge in [0.05, 0.1) is 0 Å². The molecule has 21 heavy (non-hydrogen) atoms. The summed E-state index contributed by atoms with van der Waals surface area (Å²) >= 11 is 0. The van der Waals surface area contributed by atoms with Crippen LogP contribution in [0.15, 0.2) is 0 Å². The Bertz CT molecular complexity index is 234. The van der Waals surface area contributed by atoms with Crippen molar-refractivity contribution in [2.45, 2.75) is 98.3 Å². The second-order valence-electron chi connectivity index (χ2n) is 9.27. The topological polar surface area (TPSA) is 0 Å². The van der Waals surface area contributed by atoms with E-state index in [0.29, 0.717) is 0 Å². The molecule has 2 aliphatic carbocycles. The van der Waals surface area contributed by atoms with E-state index in [1.54, 1.807) is 32.1 Å².